The van der Waals surface area contributed by atoms with Crippen molar-refractivity contribution in [3.8, 4) is 0 Å². The normalized spacial score (nSPS) is 12.6. The smallest absolute Gasteiger partial charge is 0.114 e. The summed E-state index contributed by atoms with van der Waals surface area (Å²) in [5.74, 6) is 0. The summed E-state index contributed by atoms with van der Waals surface area (Å²) in [6, 6.07) is 5.98. The van der Waals surface area contributed by atoms with Gasteiger partial charge in [0.25, 0.3) is 0 Å². The zero-order chi connectivity index (χ0) is 13.7. The average molecular weight is 362 g/mol. The van der Waals surface area contributed by atoms with Crippen molar-refractivity contribution in [1.82, 2.24) is 10.3 Å². The minimum atomic E-state index is 0.0590. The number of halogens is 2. The van der Waals surface area contributed by atoms with E-state index in [0.29, 0.717) is 11.6 Å². The Morgan fingerprint density at radius 3 is 3.00 bits per heavy atom. The van der Waals surface area contributed by atoms with Crippen molar-refractivity contribution in [1.29, 1.82) is 0 Å². The molecule has 3 nitrogen and oxygen atoms in total. The van der Waals surface area contributed by atoms with Crippen molar-refractivity contribution in [3.63, 3.8) is 0 Å². The van der Waals surface area contributed by atoms with Crippen LogP contribution in [-0.4, -0.2) is 25.2 Å². The molecular formula is C13H14BrClN2OS. The Morgan fingerprint density at radius 1 is 1.53 bits per heavy atom. The summed E-state index contributed by atoms with van der Waals surface area (Å²) in [6.07, 6.45) is 1.82. The summed E-state index contributed by atoms with van der Waals surface area (Å²) in [7, 11) is 1.69. The summed E-state index contributed by atoms with van der Waals surface area (Å²) in [6.45, 7) is 1.43. The molecule has 19 heavy (non-hydrogen) atoms. The Bertz CT molecular complexity index is 521. The zero-order valence-electron chi connectivity index (χ0n) is 10.4. The summed E-state index contributed by atoms with van der Waals surface area (Å²) in [4.78, 5) is 4.39. The number of ether oxygens (including phenoxy) is 1. The van der Waals surface area contributed by atoms with Gasteiger partial charge in [0, 0.05) is 29.7 Å². The quantitative estimate of drug-likeness (QED) is 0.793. The van der Waals surface area contributed by atoms with Crippen LogP contribution in [0.1, 0.15) is 16.6 Å². The molecule has 1 aromatic heterocycles. The van der Waals surface area contributed by atoms with Crippen molar-refractivity contribution in [2.24, 2.45) is 0 Å². The van der Waals surface area contributed by atoms with Crippen LogP contribution in [-0.2, 0) is 4.74 Å². The van der Waals surface area contributed by atoms with Crippen LogP contribution in [0.15, 0.2) is 34.2 Å². The highest BCUT2D eigenvalue weighted by Crippen LogP contribution is 2.29. The standard InChI is InChI=1S/C13H14BrClN2OS/c1-18-6-4-16-12(13-17-5-7-19-13)9-2-3-11(15)10(14)8-9/h2-3,5,7-8,12,16H,4,6H2,1H3. The Labute approximate surface area is 130 Å². The van der Waals surface area contributed by atoms with Crippen LogP contribution in [0.3, 0.4) is 0 Å². The van der Waals surface area contributed by atoms with Crippen LogP contribution >= 0.6 is 38.9 Å². The molecule has 1 N–H and O–H groups in total. The van der Waals surface area contributed by atoms with E-state index in [1.807, 2.05) is 29.8 Å². The first-order valence-corrected chi connectivity index (χ1v) is 7.84. The number of nitrogens with one attached hydrogen (secondary N) is 1. The van der Waals surface area contributed by atoms with Gasteiger partial charge in [0.05, 0.1) is 17.7 Å². The second kappa shape index (κ2) is 7.36. The van der Waals surface area contributed by atoms with Gasteiger partial charge in [-0.05, 0) is 33.6 Å². The van der Waals surface area contributed by atoms with E-state index in [9.17, 15) is 0 Å². The Balaban J connectivity index is 2.23. The predicted molar refractivity (Wildman–Crippen MR) is 83.0 cm³/mol. The molecule has 0 saturated carbocycles. The van der Waals surface area contributed by atoms with E-state index in [1.54, 1.807) is 18.4 Å². The molecule has 0 bridgehead atoms. The van der Waals surface area contributed by atoms with Gasteiger partial charge in [-0.15, -0.1) is 11.3 Å². The van der Waals surface area contributed by atoms with E-state index in [4.69, 9.17) is 16.3 Å². The second-order valence-corrected chi connectivity index (χ2v) is 6.11. The molecule has 6 heteroatoms. The summed E-state index contributed by atoms with van der Waals surface area (Å²) in [5, 5.41) is 7.16. The summed E-state index contributed by atoms with van der Waals surface area (Å²) < 4.78 is 5.97. The van der Waals surface area contributed by atoms with Crippen molar-refractivity contribution in [3.05, 3.63) is 49.8 Å². The van der Waals surface area contributed by atoms with Gasteiger partial charge >= 0.3 is 0 Å². The fourth-order valence-electron chi connectivity index (χ4n) is 1.72. The van der Waals surface area contributed by atoms with Gasteiger partial charge in [-0.2, -0.15) is 0 Å². The SMILES string of the molecule is COCCNC(c1ccc(Cl)c(Br)c1)c1nccs1. The van der Waals surface area contributed by atoms with Gasteiger partial charge in [-0.3, -0.25) is 0 Å². The maximum atomic E-state index is 6.04. The Hall–Kier alpha value is -0.460. The molecule has 0 amide bonds. The Kier molecular flexibility index (Phi) is 5.78. The lowest BCUT2D eigenvalue weighted by Gasteiger charge is -2.17. The van der Waals surface area contributed by atoms with Crippen LogP contribution in [0.25, 0.3) is 0 Å². The third kappa shape index (κ3) is 4.00. The highest BCUT2D eigenvalue weighted by Gasteiger charge is 2.16. The van der Waals surface area contributed by atoms with Gasteiger partial charge in [-0.25, -0.2) is 4.98 Å². The van der Waals surface area contributed by atoms with E-state index in [2.05, 4.69) is 26.2 Å². The molecule has 2 aromatic rings. The van der Waals surface area contributed by atoms with Gasteiger partial charge in [0.1, 0.15) is 5.01 Å². The number of hydrogen-bond acceptors (Lipinski definition) is 4. The first-order chi connectivity index (χ1) is 9.22. The monoisotopic (exact) mass is 360 g/mol. The van der Waals surface area contributed by atoms with Crippen LogP contribution in [0.4, 0.5) is 0 Å². The Morgan fingerprint density at radius 2 is 2.37 bits per heavy atom. The van der Waals surface area contributed by atoms with Crippen molar-refractivity contribution in [2.45, 2.75) is 6.04 Å². The van der Waals surface area contributed by atoms with E-state index < -0.39 is 0 Å². The number of hydrogen-bond donors (Lipinski definition) is 1. The largest absolute Gasteiger partial charge is 0.383 e. The van der Waals surface area contributed by atoms with E-state index in [1.165, 1.54) is 0 Å². The molecule has 0 aliphatic carbocycles. The third-order valence-corrected chi connectivity index (χ3v) is 4.68. The van der Waals surface area contributed by atoms with Crippen molar-refractivity contribution >= 4 is 38.9 Å². The van der Waals surface area contributed by atoms with Crippen LogP contribution in [0.2, 0.25) is 5.02 Å². The minimum Gasteiger partial charge on any atom is -0.383 e. The lowest BCUT2D eigenvalue weighted by Crippen LogP contribution is -2.25. The third-order valence-electron chi connectivity index (χ3n) is 2.63. The second-order valence-electron chi connectivity index (χ2n) is 3.92. The first-order valence-electron chi connectivity index (χ1n) is 5.79. The van der Waals surface area contributed by atoms with E-state index in [-0.39, 0.29) is 6.04 Å². The highest BCUT2D eigenvalue weighted by atomic mass is 79.9. The van der Waals surface area contributed by atoms with Crippen molar-refractivity contribution in [2.75, 3.05) is 20.3 Å². The zero-order valence-corrected chi connectivity index (χ0v) is 13.6. The fraction of sp³-hybridized carbons (Fsp3) is 0.308. The molecule has 102 valence electrons. The number of aromatic nitrogens is 1. The number of thiazole rings is 1. The molecule has 1 unspecified atom stereocenters. The molecule has 0 aliphatic heterocycles. The molecule has 0 spiro atoms. The lowest BCUT2D eigenvalue weighted by atomic mass is 10.1. The number of nitrogens with zero attached hydrogens (tertiary/aromatic N) is 1. The number of rotatable bonds is 6. The fourth-order valence-corrected chi connectivity index (χ4v) is 2.97. The average Bonchev–Trinajstić information content (AvgIpc) is 2.92. The highest BCUT2D eigenvalue weighted by molar-refractivity contribution is 9.10. The lowest BCUT2D eigenvalue weighted by molar-refractivity contribution is 0.197. The van der Waals surface area contributed by atoms with Crippen LogP contribution in [0.5, 0.6) is 0 Å². The molecule has 0 saturated heterocycles. The maximum absolute atomic E-state index is 6.04. The molecule has 1 atom stereocenters. The maximum Gasteiger partial charge on any atom is 0.114 e. The molecule has 2 rings (SSSR count). The number of methoxy groups -OCH3 is 1. The van der Waals surface area contributed by atoms with Crippen molar-refractivity contribution < 1.29 is 4.74 Å². The molecule has 0 radical (unpaired) electrons. The molecule has 1 heterocycles. The predicted octanol–water partition coefficient (Wildman–Crippen LogP) is 3.88. The van der Waals surface area contributed by atoms with Crippen LogP contribution in [0, 0.1) is 0 Å². The van der Waals surface area contributed by atoms with E-state index in [0.717, 1.165) is 21.6 Å². The molecule has 0 fully saturated rings. The minimum absolute atomic E-state index is 0.0590. The summed E-state index contributed by atoms with van der Waals surface area (Å²) in [5.41, 5.74) is 1.13. The summed E-state index contributed by atoms with van der Waals surface area (Å²) >= 11 is 11.1. The molecular weight excluding hydrogens is 348 g/mol. The first kappa shape index (κ1) is 14.9. The molecule has 0 aliphatic rings. The van der Waals surface area contributed by atoms with E-state index >= 15 is 0 Å². The van der Waals surface area contributed by atoms with Gasteiger partial charge in [-0.1, -0.05) is 17.7 Å². The molecule has 1 aromatic carbocycles. The van der Waals surface area contributed by atoms with Crippen LogP contribution < -0.4 is 5.32 Å². The van der Waals surface area contributed by atoms with Gasteiger partial charge in [0.15, 0.2) is 0 Å². The van der Waals surface area contributed by atoms with Gasteiger partial charge < -0.3 is 10.1 Å². The topological polar surface area (TPSA) is 34.1 Å². The van der Waals surface area contributed by atoms with Gasteiger partial charge in [0.2, 0.25) is 0 Å². The number of benzene rings is 1.